The summed E-state index contributed by atoms with van der Waals surface area (Å²) in [7, 11) is 1.76. The number of nitrogens with one attached hydrogen (secondary N) is 3. The van der Waals surface area contributed by atoms with Gasteiger partial charge in [0, 0.05) is 41.8 Å². The highest BCUT2D eigenvalue weighted by molar-refractivity contribution is 6.31. The molecule has 0 unspecified atom stereocenters. The van der Waals surface area contributed by atoms with Crippen LogP contribution in [0.1, 0.15) is 39.5 Å². The van der Waals surface area contributed by atoms with E-state index < -0.39 is 0 Å². The summed E-state index contributed by atoms with van der Waals surface area (Å²) in [6.07, 6.45) is 3.84. The zero-order valence-corrected chi connectivity index (χ0v) is 21.2. The van der Waals surface area contributed by atoms with Crippen LogP contribution in [0.4, 0.5) is 5.69 Å². The van der Waals surface area contributed by atoms with Crippen LogP contribution in [0.3, 0.4) is 0 Å². The number of carbonyl (C=O) groups is 2. The minimum Gasteiger partial charge on any atom is -0.398 e. The molecule has 0 fully saturated rings. The number of amides is 2. The third-order valence-corrected chi connectivity index (χ3v) is 5.93. The summed E-state index contributed by atoms with van der Waals surface area (Å²) in [6.45, 7) is 3.51. The summed E-state index contributed by atoms with van der Waals surface area (Å²) < 4.78 is 0. The van der Waals surface area contributed by atoms with Crippen molar-refractivity contribution in [3.63, 3.8) is 0 Å². The Morgan fingerprint density at radius 2 is 1.75 bits per heavy atom. The second-order valence-corrected chi connectivity index (χ2v) is 8.84. The standard InChI is InChI=1S/C27H31ClN6O2/c1-3-34(26(35)16-31-2)17-19-6-4-18(5-7-19)10-20-11-21(14-32-13-20)27(36)33-15-25(30)23-12-22(28)8-9-24(23)29/h4-9,11-14,30-31H,3,10,15-17,29H2,1-2H3,(H,33,36). The maximum atomic E-state index is 12.7. The Labute approximate surface area is 216 Å². The molecule has 2 amide bonds. The Bertz CT molecular complexity index is 1230. The van der Waals surface area contributed by atoms with Crippen LogP contribution in [0, 0.1) is 5.41 Å². The van der Waals surface area contributed by atoms with Crippen molar-refractivity contribution in [2.24, 2.45) is 0 Å². The normalized spacial score (nSPS) is 10.6. The van der Waals surface area contributed by atoms with E-state index in [9.17, 15) is 9.59 Å². The fourth-order valence-electron chi connectivity index (χ4n) is 3.72. The molecule has 0 radical (unpaired) electrons. The van der Waals surface area contributed by atoms with E-state index in [1.807, 2.05) is 31.2 Å². The predicted molar refractivity (Wildman–Crippen MR) is 144 cm³/mol. The zero-order valence-electron chi connectivity index (χ0n) is 20.5. The van der Waals surface area contributed by atoms with Gasteiger partial charge >= 0.3 is 0 Å². The van der Waals surface area contributed by atoms with Gasteiger partial charge in [0.05, 0.1) is 24.4 Å². The summed E-state index contributed by atoms with van der Waals surface area (Å²) in [5, 5.41) is 14.4. The van der Waals surface area contributed by atoms with Gasteiger partial charge in [-0.3, -0.25) is 14.6 Å². The van der Waals surface area contributed by atoms with Gasteiger partial charge in [-0.1, -0.05) is 35.9 Å². The summed E-state index contributed by atoms with van der Waals surface area (Å²) in [5.74, 6) is -0.257. The number of aromatic nitrogens is 1. The highest BCUT2D eigenvalue weighted by Gasteiger charge is 2.13. The van der Waals surface area contributed by atoms with Crippen LogP contribution in [-0.4, -0.2) is 54.1 Å². The number of hydrogen-bond acceptors (Lipinski definition) is 6. The number of pyridine rings is 1. The van der Waals surface area contributed by atoms with E-state index in [4.69, 9.17) is 22.7 Å². The number of nitrogens with zero attached hydrogens (tertiary/aromatic N) is 2. The van der Waals surface area contributed by atoms with Gasteiger partial charge in [0.15, 0.2) is 0 Å². The van der Waals surface area contributed by atoms with Crippen LogP contribution >= 0.6 is 11.6 Å². The molecule has 36 heavy (non-hydrogen) atoms. The average Bonchev–Trinajstić information content (AvgIpc) is 2.88. The van der Waals surface area contributed by atoms with Crippen LogP contribution < -0.4 is 16.4 Å². The molecule has 5 N–H and O–H groups in total. The molecule has 0 aliphatic heterocycles. The van der Waals surface area contributed by atoms with Crippen LogP contribution in [-0.2, 0) is 17.8 Å². The summed E-state index contributed by atoms with van der Waals surface area (Å²) in [6, 6.07) is 14.8. The number of rotatable bonds is 11. The number of halogens is 1. The highest BCUT2D eigenvalue weighted by Crippen LogP contribution is 2.18. The van der Waals surface area contributed by atoms with Crippen LogP contribution in [0.2, 0.25) is 5.02 Å². The lowest BCUT2D eigenvalue weighted by Gasteiger charge is -2.21. The molecule has 1 aromatic heterocycles. The van der Waals surface area contributed by atoms with Gasteiger partial charge in [0.2, 0.25) is 5.91 Å². The van der Waals surface area contributed by atoms with Crippen molar-refractivity contribution in [2.75, 3.05) is 32.4 Å². The molecule has 2 aromatic carbocycles. The molecule has 0 saturated heterocycles. The van der Waals surface area contributed by atoms with E-state index in [1.165, 1.54) is 6.20 Å². The molecule has 0 atom stereocenters. The van der Waals surface area contributed by atoms with E-state index in [1.54, 1.807) is 42.4 Å². The molecule has 1 heterocycles. The van der Waals surface area contributed by atoms with Gasteiger partial charge in [-0.25, -0.2) is 0 Å². The average molecular weight is 507 g/mol. The summed E-state index contributed by atoms with van der Waals surface area (Å²) in [4.78, 5) is 30.9. The van der Waals surface area contributed by atoms with Crippen molar-refractivity contribution >= 4 is 34.8 Å². The minimum absolute atomic E-state index is 0.0145. The topological polar surface area (TPSA) is 124 Å². The summed E-state index contributed by atoms with van der Waals surface area (Å²) >= 11 is 6.00. The molecule has 0 spiro atoms. The van der Waals surface area contributed by atoms with Gasteiger partial charge in [0.1, 0.15) is 0 Å². The number of nitrogens with two attached hydrogens (primary N) is 1. The Morgan fingerprint density at radius 3 is 2.44 bits per heavy atom. The van der Waals surface area contributed by atoms with E-state index in [-0.39, 0.29) is 24.1 Å². The molecule has 188 valence electrons. The number of benzene rings is 2. The maximum absolute atomic E-state index is 12.7. The van der Waals surface area contributed by atoms with Gasteiger partial charge < -0.3 is 26.7 Å². The SMILES string of the molecule is CCN(Cc1ccc(Cc2cncc(C(=O)NCC(=N)c3cc(Cl)ccc3N)c2)cc1)C(=O)CNC. The molecule has 0 saturated carbocycles. The molecule has 0 bridgehead atoms. The van der Waals surface area contributed by atoms with Crippen molar-refractivity contribution in [1.82, 2.24) is 20.5 Å². The highest BCUT2D eigenvalue weighted by atomic mass is 35.5. The lowest BCUT2D eigenvalue weighted by molar-refractivity contribution is -0.130. The first-order valence-electron chi connectivity index (χ1n) is 11.7. The second kappa shape index (κ2) is 12.8. The van der Waals surface area contributed by atoms with Crippen LogP contribution in [0.25, 0.3) is 0 Å². The number of hydrogen-bond donors (Lipinski definition) is 4. The molecule has 0 aliphatic carbocycles. The summed E-state index contributed by atoms with van der Waals surface area (Å²) in [5.41, 5.74) is 10.4. The fourth-order valence-corrected chi connectivity index (χ4v) is 3.89. The van der Waals surface area contributed by atoms with Crippen LogP contribution in [0.5, 0.6) is 0 Å². The molecule has 0 aliphatic rings. The maximum Gasteiger partial charge on any atom is 0.253 e. The minimum atomic E-state index is -0.323. The molecule has 8 nitrogen and oxygen atoms in total. The Kier molecular flexibility index (Phi) is 9.55. The first-order chi connectivity index (χ1) is 17.3. The monoisotopic (exact) mass is 506 g/mol. The Morgan fingerprint density at radius 1 is 1.03 bits per heavy atom. The fraction of sp³-hybridized carbons (Fsp3) is 0.259. The zero-order chi connectivity index (χ0) is 26.1. The predicted octanol–water partition coefficient (Wildman–Crippen LogP) is 3.27. The smallest absolute Gasteiger partial charge is 0.253 e. The Balaban J connectivity index is 1.59. The van der Waals surface area contributed by atoms with Gasteiger partial charge in [-0.2, -0.15) is 0 Å². The molecular formula is C27H31ClN6O2. The van der Waals surface area contributed by atoms with Gasteiger partial charge in [0.25, 0.3) is 5.91 Å². The number of carbonyl (C=O) groups excluding carboxylic acids is 2. The largest absolute Gasteiger partial charge is 0.398 e. The Hall–Kier alpha value is -3.75. The van der Waals surface area contributed by atoms with Crippen molar-refractivity contribution in [1.29, 1.82) is 5.41 Å². The second-order valence-electron chi connectivity index (χ2n) is 8.41. The molecule has 3 rings (SSSR count). The lowest BCUT2D eigenvalue weighted by atomic mass is 10.0. The molecular weight excluding hydrogens is 476 g/mol. The number of likely N-dealkylation sites (N-methyl/N-ethyl adjacent to an activating group) is 2. The van der Waals surface area contributed by atoms with Gasteiger partial charge in [-0.05, 0) is 61.3 Å². The molecule has 9 heteroatoms. The first kappa shape index (κ1) is 26.8. The first-order valence-corrected chi connectivity index (χ1v) is 12.0. The number of nitrogen functional groups attached to an aromatic ring is 1. The van der Waals surface area contributed by atoms with E-state index in [2.05, 4.69) is 15.6 Å². The van der Waals surface area contributed by atoms with Crippen molar-refractivity contribution < 1.29 is 9.59 Å². The van der Waals surface area contributed by atoms with Crippen molar-refractivity contribution in [2.45, 2.75) is 19.9 Å². The van der Waals surface area contributed by atoms with Crippen molar-refractivity contribution in [3.8, 4) is 0 Å². The van der Waals surface area contributed by atoms with Crippen LogP contribution in [0.15, 0.2) is 60.9 Å². The third kappa shape index (κ3) is 7.37. The molecule has 3 aromatic rings. The number of anilines is 1. The van der Waals surface area contributed by atoms with E-state index in [0.29, 0.717) is 47.9 Å². The van der Waals surface area contributed by atoms with E-state index in [0.717, 1.165) is 16.7 Å². The quantitative estimate of drug-likeness (QED) is 0.235. The lowest BCUT2D eigenvalue weighted by Crippen LogP contribution is -2.36. The van der Waals surface area contributed by atoms with Crippen molar-refractivity contribution in [3.05, 3.63) is 93.8 Å². The van der Waals surface area contributed by atoms with E-state index >= 15 is 0 Å². The van der Waals surface area contributed by atoms with Gasteiger partial charge in [-0.15, -0.1) is 0 Å². The third-order valence-electron chi connectivity index (χ3n) is 5.69.